The quantitative estimate of drug-likeness (QED) is 0.620. The molecule has 0 heterocycles. The Balaban J connectivity index is 2.05. The van der Waals surface area contributed by atoms with Crippen LogP contribution in [0.25, 0.3) is 0 Å². The fourth-order valence-electron chi connectivity index (χ4n) is 5.78. The number of fused-ring (bicyclic) bond motifs is 3. The van der Waals surface area contributed by atoms with Crippen molar-refractivity contribution in [1.82, 2.24) is 0 Å². The first-order valence-corrected chi connectivity index (χ1v) is 7.53. The van der Waals surface area contributed by atoms with Crippen LogP contribution in [0.2, 0.25) is 0 Å². The van der Waals surface area contributed by atoms with E-state index in [0.717, 1.165) is 5.92 Å². The van der Waals surface area contributed by atoms with Gasteiger partial charge in [0.1, 0.15) is 0 Å². The molecular weight excluding hydrogens is 220 g/mol. The zero-order valence-electron chi connectivity index (χ0n) is 12.3. The van der Waals surface area contributed by atoms with Gasteiger partial charge in [-0.25, -0.2) is 0 Å². The molecule has 18 heavy (non-hydrogen) atoms. The molecule has 0 aromatic rings. The van der Waals surface area contributed by atoms with Gasteiger partial charge in [-0.1, -0.05) is 40.2 Å². The van der Waals surface area contributed by atoms with Gasteiger partial charge in [-0.15, -0.1) is 0 Å². The highest BCUT2D eigenvalue weighted by Crippen LogP contribution is 2.65. The number of allylic oxidation sites excluding steroid dienone is 2. The van der Waals surface area contributed by atoms with E-state index < -0.39 is 0 Å². The first-order chi connectivity index (χ1) is 8.30. The largest absolute Gasteiger partial charge is 0.295 e. The Hall–Kier alpha value is -0.590. The lowest BCUT2D eigenvalue weighted by Gasteiger charge is -2.60. The van der Waals surface area contributed by atoms with Gasteiger partial charge < -0.3 is 0 Å². The summed E-state index contributed by atoms with van der Waals surface area (Å²) in [7, 11) is 0. The summed E-state index contributed by atoms with van der Waals surface area (Å²) in [5.41, 5.74) is 0.794. The second-order valence-electron chi connectivity index (χ2n) is 8.11. The second-order valence-corrected chi connectivity index (χ2v) is 8.11. The molecule has 0 saturated heterocycles. The molecule has 0 unspecified atom stereocenters. The van der Waals surface area contributed by atoms with Crippen molar-refractivity contribution in [2.24, 2.45) is 28.1 Å². The first kappa shape index (κ1) is 12.4. The van der Waals surface area contributed by atoms with Gasteiger partial charge in [0.05, 0.1) is 0 Å². The number of rotatable bonds is 0. The molecule has 1 heteroatoms. The highest BCUT2D eigenvalue weighted by Gasteiger charge is 2.60. The van der Waals surface area contributed by atoms with E-state index in [1.165, 1.54) is 32.1 Å². The number of ketones is 1. The Labute approximate surface area is 111 Å². The van der Waals surface area contributed by atoms with E-state index in [1.807, 2.05) is 6.08 Å². The van der Waals surface area contributed by atoms with Crippen LogP contribution in [0.5, 0.6) is 0 Å². The second kappa shape index (κ2) is 3.49. The Kier molecular flexibility index (Phi) is 2.41. The van der Waals surface area contributed by atoms with Crippen molar-refractivity contribution in [3.63, 3.8) is 0 Å². The molecule has 0 aromatic heterocycles. The van der Waals surface area contributed by atoms with Crippen LogP contribution in [-0.2, 0) is 4.79 Å². The zero-order valence-corrected chi connectivity index (χ0v) is 12.3. The van der Waals surface area contributed by atoms with Crippen LogP contribution in [0.4, 0.5) is 0 Å². The zero-order chi connectivity index (χ0) is 13.2. The molecule has 1 nitrogen and oxygen atoms in total. The molecule has 0 spiro atoms. The van der Waals surface area contributed by atoms with Gasteiger partial charge in [0, 0.05) is 5.92 Å². The maximum absolute atomic E-state index is 12.4. The van der Waals surface area contributed by atoms with Gasteiger partial charge >= 0.3 is 0 Å². The summed E-state index contributed by atoms with van der Waals surface area (Å²) in [6, 6.07) is 0. The van der Waals surface area contributed by atoms with Crippen molar-refractivity contribution in [2.75, 3.05) is 0 Å². The minimum Gasteiger partial charge on any atom is -0.295 e. The molecule has 3 aliphatic carbocycles. The highest BCUT2D eigenvalue weighted by molar-refractivity contribution is 5.96. The fourth-order valence-corrected chi connectivity index (χ4v) is 5.78. The van der Waals surface area contributed by atoms with E-state index in [2.05, 4.69) is 33.8 Å². The predicted molar refractivity (Wildman–Crippen MR) is 74.2 cm³/mol. The lowest BCUT2D eigenvalue weighted by atomic mass is 9.44. The van der Waals surface area contributed by atoms with Crippen LogP contribution >= 0.6 is 0 Å². The Morgan fingerprint density at radius 3 is 2.56 bits per heavy atom. The monoisotopic (exact) mass is 246 g/mol. The summed E-state index contributed by atoms with van der Waals surface area (Å²) in [6.07, 6.45) is 10.5. The van der Waals surface area contributed by atoms with Crippen LogP contribution in [0.3, 0.4) is 0 Å². The Bertz CT molecular complexity index is 419. The summed E-state index contributed by atoms with van der Waals surface area (Å²) >= 11 is 0. The number of carbonyl (C=O) groups excluding carboxylic acids is 1. The first-order valence-electron chi connectivity index (χ1n) is 7.53. The number of hydrogen-bond acceptors (Lipinski definition) is 1. The number of carbonyl (C=O) groups is 1. The lowest BCUT2D eigenvalue weighted by molar-refractivity contribution is -0.144. The fraction of sp³-hybridized carbons (Fsp3) is 0.824. The minimum atomic E-state index is 0.149. The maximum atomic E-state index is 12.4. The molecule has 3 aliphatic rings. The van der Waals surface area contributed by atoms with Crippen LogP contribution in [0.1, 0.15) is 59.8 Å². The molecular formula is C17H26O. The van der Waals surface area contributed by atoms with Crippen LogP contribution < -0.4 is 0 Å². The van der Waals surface area contributed by atoms with Crippen molar-refractivity contribution in [3.8, 4) is 0 Å². The highest BCUT2D eigenvalue weighted by atomic mass is 16.1. The van der Waals surface area contributed by atoms with Gasteiger partial charge in [-0.2, -0.15) is 0 Å². The summed E-state index contributed by atoms with van der Waals surface area (Å²) in [5, 5.41) is 0. The molecule has 0 aliphatic heterocycles. The minimum absolute atomic E-state index is 0.149. The molecule has 100 valence electrons. The average molecular weight is 246 g/mol. The van der Waals surface area contributed by atoms with Crippen molar-refractivity contribution >= 4 is 5.78 Å². The molecule has 2 fully saturated rings. The van der Waals surface area contributed by atoms with Gasteiger partial charge in [0.25, 0.3) is 0 Å². The average Bonchev–Trinajstić information content (AvgIpc) is 2.54. The summed E-state index contributed by atoms with van der Waals surface area (Å²) in [5.74, 6) is 1.38. The third-order valence-electron chi connectivity index (χ3n) is 6.48. The molecule has 0 N–H and O–H groups in total. The van der Waals surface area contributed by atoms with Gasteiger partial charge in [0.15, 0.2) is 5.78 Å². The van der Waals surface area contributed by atoms with E-state index in [9.17, 15) is 4.79 Å². The molecule has 0 radical (unpaired) electrons. The SMILES string of the molecule is CC1(C)CCC[C@]2(C)[C@@H]1CC[C@]1(C)C=CC(=O)[C@H]21. The van der Waals surface area contributed by atoms with Gasteiger partial charge in [-0.05, 0) is 53.9 Å². The van der Waals surface area contributed by atoms with Crippen molar-refractivity contribution in [3.05, 3.63) is 12.2 Å². The Morgan fingerprint density at radius 1 is 1.11 bits per heavy atom. The lowest BCUT2D eigenvalue weighted by Crippen LogP contribution is -2.55. The van der Waals surface area contributed by atoms with E-state index in [-0.39, 0.29) is 16.7 Å². The standard InChI is InChI=1S/C17H26O/c1-15(2)8-5-9-17(4)13(15)7-11-16(3)10-6-12(18)14(16)17/h6,10,13-14H,5,7-9,11H2,1-4H3/t13-,14+,16+,17-/m1/s1. The molecule has 0 amide bonds. The van der Waals surface area contributed by atoms with Crippen LogP contribution in [-0.4, -0.2) is 5.78 Å². The van der Waals surface area contributed by atoms with E-state index in [1.54, 1.807) is 0 Å². The molecule has 2 saturated carbocycles. The Morgan fingerprint density at radius 2 is 1.83 bits per heavy atom. The third-order valence-corrected chi connectivity index (χ3v) is 6.48. The number of hydrogen-bond donors (Lipinski definition) is 0. The van der Waals surface area contributed by atoms with E-state index in [4.69, 9.17) is 0 Å². The maximum Gasteiger partial charge on any atom is 0.159 e. The van der Waals surface area contributed by atoms with Crippen LogP contribution in [0, 0.1) is 28.1 Å². The van der Waals surface area contributed by atoms with Gasteiger partial charge in [0.2, 0.25) is 0 Å². The topological polar surface area (TPSA) is 17.1 Å². The third kappa shape index (κ3) is 1.42. The summed E-state index contributed by atoms with van der Waals surface area (Å²) in [6.45, 7) is 9.56. The normalized spacial score (nSPS) is 49.9. The summed E-state index contributed by atoms with van der Waals surface area (Å²) < 4.78 is 0. The molecule has 0 bridgehead atoms. The molecule has 3 rings (SSSR count). The molecule has 0 aromatic carbocycles. The smallest absolute Gasteiger partial charge is 0.159 e. The molecule has 4 atom stereocenters. The summed E-state index contributed by atoms with van der Waals surface area (Å²) in [4.78, 5) is 12.4. The van der Waals surface area contributed by atoms with E-state index >= 15 is 0 Å². The van der Waals surface area contributed by atoms with E-state index in [0.29, 0.717) is 11.2 Å². The predicted octanol–water partition coefficient (Wildman–Crippen LogP) is 4.37. The van der Waals surface area contributed by atoms with Crippen molar-refractivity contribution in [2.45, 2.75) is 59.8 Å². The van der Waals surface area contributed by atoms with Crippen molar-refractivity contribution in [1.29, 1.82) is 0 Å². The van der Waals surface area contributed by atoms with Crippen molar-refractivity contribution < 1.29 is 4.79 Å². The van der Waals surface area contributed by atoms with Crippen LogP contribution in [0.15, 0.2) is 12.2 Å². The van der Waals surface area contributed by atoms with Gasteiger partial charge in [-0.3, -0.25) is 4.79 Å².